The molecule has 0 heterocycles. The third-order valence-electron chi connectivity index (χ3n) is 8.96. The third kappa shape index (κ3) is 10.0. The largest absolute Gasteiger partial charge is 0.493 e. The minimum atomic E-state index is -1.31. The van der Waals surface area contributed by atoms with Gasteiger partial charge < -0.3 is 19.7 Å². The van der Waals surface area contributed by atoms with E-state index >= 15 is 0 Å². The van der Waals surface area contributed by atoms with Crippen molar-refractivity contribution in [2.45, 2.75) is 24.0 Å². The summed E-state index contributed by atoms with van der Waals surface area (Å²) in [5, 5.41) is 23.5. The number of aliphatic hydroxyl groups is 2. The second kappa shape index (κ2) is 20.1. The van der Waals surface area contributed by atoms with Crippen molar-refractivity contribution in [3.63, 3.8) is 0 Å². The van der Waals surface area contributed by atoms with Crippen LogP contribution in [0.4, 0.5) is 0 Å². The predicted octanol–water partition coefficient (Wildman–Crippen LogP) is 11.0. The molecule has 6 aromatic carbocycles. The van der Waals surface area contributed by atoms with Crippen LogP contribution < -0.4 is 9.47 Å². The molecule has 0 aliphatic carbocycles. The van der Waals surface area contributed by atoms with E-state index in [0.717, 1.165) is 57.7 Å². The van der Waals surface area contributed by atoms with Gasteiger partial charge in [-0.3, -0.25) is 0 Å². The molecule has 0 aromatic heterocycles. The molecule has 4 nitrogen and oxygen atoms in total. The minimum Gasteiger partial charge on any atom is -0.493 e. The normalized spacial score (nSPS) is 12.3. The van der Waals surface area contributed by atoms with Gasteiger partial charge in [0.1, 0.15) is 22.7 Å². The Morgan fingerprint density at radius 2 is 0.648 bits per heavy atom. The van der Waals surface area contributed by atoms with Gasteiger partial charge in [-0.05, 0) is 70.5 Å². The Bertz CT molecular complexity index is 1870. The quantitative estimate of drug-likeness (QED) is 0.0596. The zero-order chi connectivity index (χ0) is 37.9. The number of hydrogen-bond acceptors (Lipinski definition) is 4. The zero-order valence-corrected chi connectivity index (χ0v) is 30.6. The predicted molar refractivity (Wildman–Crippen MR) is 222 cm³/mol. The lowest BCUT2D eigenvalue weighted by atomic mass is 9.80. The van der Waals surface area contributed by atoms with Crippen LogP contribution >= 0.6 is 0 Å². The Balaban J connectivity index is 0.000000237. The van der Waals surface area contributed by atoms with Crippen LogP contribution in [0.25, 0.3) is 0 Å². The lowest BCUT2D eigenvalue weighted by Crippen LogP contribution is -2.28. The molecule has 0 saturated heterocycles. The molecule has 6 rings (SSSR count). The Hall–Kier alpha value is -6.20. The highest BCUT2D eigenvalue weighted by Crippen LogP contribution is 2.38. The van der Waals surface area contributed by atoms with Crippen LogP contribution in [0.1, 0.15) is 46.2 Å². The maximum Gasteiger partial charge on any atom is 0.140 e. The average Bonchev–Trinajstić information content (AvgIpc) is 3.25. The SMILES string of the molecule is C=CC=CCCOc1ccc(C(O)(c2ccccc2)c2ccc(OCCC=CC=C)cc2)cc1.OC(c1ccccc1)(c1ccccc1)c1ccccc1. The van der Waals surface area contributed by atoms with Gasteiger partial charge in [0, 0.05) is 0 Å². The van der Waals surface area contributed by atoms with Gasteiger partial charge in [0.05, 0.1) is 13.2 Å². The topological polar surface area (TPSA) is 58.9 Å². The molecule has 2 N–H and O–H groups in total. The molecule has 0 unspecified atom stereocenters. The van der Waals surface area contributed by atoms with Gasteiger partial charge in [0.25, 0.3) is 0 Å². The first-order valence-electron chi connectivity index (χ1n) is 18.2. The van der Waals surface area contributed by atoms with Crippen molar-refractivity contribution in [2.24, 2.45) is 0 Å². The van der Waals surface area contributed by atoms with Gasteiger partial charge in [-0.25, -0.2) is 0 Å². The van der Waals surface area contributed by atoms with Crippen molar-refractivity contribution in [2.75, 3.05) is 13.2 Å². The molecule has 0 amide bonds. The summed E-state index contributed by atoms with van der Waals surface area (Å²) in [6, 6.07) is 54.3. The first-order valence-corrected chi connectivity index (χ1v) is 18.2. The van der Waals surface area contributed by atoms with Crippen molar-refractivity contribution in [1.82, 2.24) is 0 Å². The molecule has 0 aliphatic heterocycles. The molecule has 0 radical (unpaired) electrons. The molecule has 0 fully saturated rings. The second-order valence-corrected chi connectivity index (χ2v) is 12.5. The first-order chi connectivity index (χ1) is 26.5. The fraction of sp³-hybridized carbons (Fsp3) is 0.120. The zero-order valence-electron chi connectivity index (χ0n) is 30.6. The van der Waals surface area contributed by atoms with Gasteiger partial charge in [-0.2, -0.15) is 0 Å². The molecule has 0 saturated carbocycles. The summed E-state index contributed by atoms with van der Waals surface area (Å²) in [7, 11) is 0. The maximum absolute atomic E-state index is 12.0. The van der Waals surface area contributed by atoms with E-state index in [4.69, 9.17) is 9.47 Å². The Morgan fingerprint density at radius 1 is 0.389 bits per heavy atom. The van der Waals surface area contributed by atoms with Crippen molar-refractivity contribution in [3.05, 3.63) is 253 Å². The van der Waals surface area contributed by atoms with Crippen LogP contribution in [0.15, 0.2) is 219 Å². The molecule has 4 heteroatoms. The van der Waals surface area contributed by atoms with Crippen molar-refractivity contribution >= 4 is 0 Å². The molecule has 54 heavy (non-hydrogen) atoms. The van der Waals surface area contributed by atoms with E-state index in [1.165, 1.54) is 0 Å². The molecule has 0 atom stereocenters. The van der Waals surface area contributed by atoms with Crippen LogP contribution in [0.5, 0.6) is 11.5 Å². The van der Waals surface area contributed by atoms with Crippen molar-refractivity contribution in [3.8, 4) is 11.5 Å². The third-order valence-corrected chi connectivity index (χ3v) is 8.96. The van der Waals surface area contributed by atoms with Gasteiger partial charge in [-0.1, -0.05) is 195 Å². The molecular formula is C50H48O4. The fourth-order valence-electron chi connectivity index (χ4n) is 6.18. The Morgan fingerprint density at radius 3 is 0.907 bits per heavy atom. The lowest BCUT2D eigenvalue weighted by molar-refractivity contribution is 0.125. The van der Waals surface area contributed by atoms with E-state index in [1.54, 1.807) is 12.2 Å². The number of ether oxygens (including phenoxy) is 2. The smallest absolute Gasteiger partial charge is 0.140 e. The molecule has 0 bridgehead atoms. The van der Waals surface area contributed by atoms with Crippen LogP contribution in [-0.2, 0) is 11.2 Å². The highest BCUT2D eigenvalue weighted by Gasteiger charge is 2.34. The van der Waals surface area contributed by atoms with Gasteiger partial charge in [0.15, 0.2) is 0 Å². The first kappa shape index (κ1) is 39.0. The Labute approximate surface area is 320 Å². The summed E-state index contributed by atoms with van der Waals surface area (Å²) in [6.07, 6.45) is 13.0. The monoisotopic (exact) mass is 712 g/mol. The van der Waals surface area contributed by atoms with E-state index in [-0.39, 0.29) is 0 Å². The molecular weight excluding hydrogens is 665 g/mol. The highest BCUT2D eigenvalue weighted by atomic mass is 16.5. The fourth-order valence-corrected chi connectivity index (χ4v) is 6.18. The maximum atomic E-state index is 12.0. The van der Waals surface area contributed by atoms with E-state index < -0.39 is 11.2 Å². The van der Waals surface area contributed by atoms with Crippen LogP contribution in [0, 0.1) is 0 Å². The summed E-state index contributed by atoms with van der Waals surface area (Å²) >= 11 is 0. The van der Waals surface area contributed by atoms with E-state index in [9.17, 15) is 10.2 Å². The molecule has 0 spiro atoms. The van der Waals surface area contributed by atoms with E-state index in [2.05, 4.69) is 13.2 Å². The van der Waals surface area contributed by atoms with Crippen molar-refractivity contribution < 1.29 is 19.7 Å². The average molecular weight is 713 g/mol. The second-order valence-electron chi connectivity index (χ2n) is 12.5. The van der Waals surface area contributed by atoms with Crippen LogP contribution in [-0.4, -0.2) is 23.4 Å². The summed E-state index contributed by atoms with van der Waals surface area (Å²) in [5.41, 5.74) is 2.51. The lowest BCUT2D eigenvalue weighted by Gasteiger charge is -2.30. The highest BCUT2D eigenvalue weighted by molar-refractivity contribution is 5.49. The summed E-state index contributed by atoms with van der Waals surface area (Å²) < 4.78 is 11.6. The number of allylic oxidation sites excluding steroid dienone is 4. The molecule has 0 aliphatic rings. The molecule has 272 valence electrons. The molecule has 6 aromatic rings. The van der Waals surface area contributed by atoms with E-state index in [0.29, 0.717) is 13.2 Å². The van der Waals surface area contributed by atoms with Crippen LogP contribution in [0.2, 0.25) is 0 Å². The number of rotatable bonds is 16. The van der Waals surface area contributed by atoms with Gasteiger partial charge in [0.2, 0.25) is 0 Å². The number of benzene rings is 6. The number of hydrogen-bond donors (Lipinski definition) is 2. The summed E-state index contributed by atoms with van der Waals surface area (Å²) in [6.45, 7) is 8.49. The van der Waals surface area contributed by atoms with Gasteiger partial charge in [-0.15, -0.1) is 0 Å². The Kier molecular flexibility index (Phi) is 14.6. The summed E-state index contributed by atoms with van der Waals surface area (Å²) in [4.78, 5) is 0. The van der Waals surface area contributed by atoms with Crippen LogP contribution in [0.3, 0.4) is 0 Å². The summed E-state index contributed by atoms with van der Waals surface area (Å²) in [5.74, 6) is 1.53. The van der Waals surface area contributed by atoms with E-state index in [1.807, 2.05) is 194 Å². The van der Waals surface area contributed by atoms with Crippen molar-refractivity contribution in [1.29, 1.82) is 0 Å². The standard InChI is InChI=1S/C31H32O3.C19H16O/c1-3-5-7-12-24-33-29-20-16-27(17-21-29)31(32,26-14-10-9-11-15-26)28-18-22-30(23-19-28)34-25-13-8-6-4-2;20-19(16-10-4-1-5-11-16,17-12-6-2-7-13-17)18-14-8-3-9-15-18/h3-11,14-23,32H,1-2,12-13,24-25H2;1-15,20H. The minimum absolute atomic E-state index is 0.581. The van der Waals surface area contributed by atoms with Gasteiger partial charge >= 0.3 is 0 Å².